The first kappa shape index (κ1) is 11.0. The Kier molecular flexibility index (Phi) is 3.17. The van der Waals surface area contributed by atoms with Crippen LogP contribution in [0.25, 0.3) is 0 Å². The lowest BCUT2D eigenvalue weighted by Crippen LogP contribution is -2.26. The molecule has 1 saturated carbocycles. The third-order valence-electron chi connectivity index (χ3n) is 2.73. The van der Waals surface area contributed by atoms with Crippen LogP contribution in [0.4, 0.5) is 5.69 Å². The molecule has 1 aliphatic carbocycles. The number of hydrogen-bond acceptors (Lipinski definition) is 2. The maximum absolute atomic E-state index is 9.13. The van der Waals surface area contributed by atoms with E-state index in [1.165, 1.54) is 12.8 Å². The van der Waals surface area contributed by atoms with Crippen molar-refractivity contribution >= 4 is 17.3 Å². The minimum Gasteiger partial charge on any atom is -0.364 e. The Morgan fingerprint density at radius 3 is 2.88 bits per heavy atom. The predicted octanol–water partition coefficient (Wildman–Crippen LogP) is 3.37. The molecular weight excluding hydrogens is 220 g/mol. The van der Waals surface area contributed by atoms with Crippen molar-refractivity contribution in [3.05, 3.63) is 41.4 Å². The van der Waals surface area contributed by atoms with Crippen LogP contribution < -0.4 is 4.90 Å². The van der Waals surface area contributed by atoms with E-state index in [0.29, 0.717) is 16.6 Å². The molecule has 1 aliphatic rings. The van der Waals surface area contributed by atoms with E-state index in [0.717, 1.165) is 12.2 Å². The molecule has 1 fully saturated rings. The van der Waals surface area contributed by atoms with Gasteiger partial charge in [0.2, 0.25) is 0 Å². The summed E-state index contributed by atoms with van der Waals surface area (Å²) in [4.78, 5) is 2.21. The normalized spacial score (nSPS) is 14.2. The molecule has 0 atom stereocenters. The van der Waals surface area contributed by atoms with Gasteiger partial charge in [-0.3, -0.25) is 0 Å². The van der Waals surface area contributed by atoms with Crippen LogP contribution in [0.15, 0.2) is 30.9 Å². The van der Waals surface area contributed by atoms with Crippen LogP contribution in [0.1, 0.15) is 18.4 Å². The summed E-state index contributed by atoms with van der Waals surface area (Å²) >= 11 is 6.02. The fourth-order valence-corrected chi connectivity index (χ4v) is 2.04. The summed E-state index contributed by atoms with van der Waals surface area (Å²) in [5.74, 6) is 0. The van der Waals surface area contributed by atoms with Gasteiger partial charge in [-0.25, -0.2) is 0 Å². The van der Waals surface area contributed by atoms with Gasteiger partial charge < -0.3 is 4.90 Å². The van der Waals surface area contributed by atoms with Crippen LogP contribution >= 0.6 is 11.6 Å². The summed E-state index contributed by atoms with van der Waals surface area (Å²) < 4.78 is 0. The average molecular weight is 233 g/mol. The van der Waals surface area contributed by atoms with Crippen LogP contribution in [0.3, 0.4) is 0 Å². The van der Waals surface area contributed by atoms with Crippen molar-refractivity contribution in [3.63, 3.8) is 0 Å². The molecule has 0 N–H and O–H groups in total. The van der Waals surface area contributed by atoms with E-state index in [2.05, 4.69) is 17.5 Å². The van der Waals surface area contributed by atoms with Gasteiger partial charge in [0, 0.05) is 12.6 Å². The number of benzene rings is 1. The highest BCUT2D eigenvalue weighted by atomic mass is 35.5. The van der Waals surface area contributed by atoms with E-state index >= 15 is 0 Å². The first-order chi connectivity index (χ1) is 7.77. The zero-order valence-corrected chi connectivity index (χ0v) is 9.74. The number of nitrogens with zero attached hydrogens (tertiary/aromatic N) is 2. The SMILES string of the molecule is C=CCN(c1cccc(Cl)c1C#N)C1CC1. The van der Waals surface area contributed by atoms with Crippen molar-refractivity contribution in [2.45, 2.75) is 18.9 Å². The summed E-state index contributed by atoms with van der Waals surface area (Å²) in [6.07, 6.45) is 4.23. The van der Waals surface area contributed by atoms with Gasteiger partial charge in [0.05, 0.1) is 16.3 Å². The highest BCUT2D eigenvalue weighted by Crippen LogP contribution is 2.35. The molecule has 1 aromatic rings. The Hall–Kier alpha value is -1.46. The molecule has 0 spiro atoms. The second-order valence-electron chi connectivity index (χ2n) is 3.92. The molecule has 0 saturated heterocycles. The van der Waals surface area contributed by atoms with Crippen molar-refractivity contribution in [3.8, 4) is 6.07 Å². The smallest absolute Gasteiger partial charge is 0.103 e. The molecule has 2 rings (SSSR count). The Morgan fingerprint density at radius 2 is 2.31 bits per heavy atom. The number of rotatable bonds is 4. The molecule has 3 heteroatoms. The molecule has 82 valence electrons. The van der Waals surface area contributed by atoms with Gasteiger partial charge in [-0.15, -0.1) is 6.58 Å². The predicted molar refractivity (Wildman–Crippen MR) is 66.7 cm³/mol. The Bertz CT molecular complexity index is 444. The number of hydrogen-bond donors (Lipinski definition) is 0. The van der Waals surface area contributed by atoms with Crippen LogP contribution in [0.2, 0.25) is 5.02 Å². The van der Waals surface area contributed by atoms with Crippen LogP contribution in [-0.2, 0) is 0 Å². The summed E-state index contributed by atoms with van der Waals surface area (Å²) in [5, 5.41) is 9.65. The summed E-state index contributed by atoms with van der Waals surface area (Å²) in [6.45, 7) is 4.52. The monoisotopic (exact) mass is 232 g/mol. The van der Waals surface area contributed by atoms with Gasteiger partial charge in [0.15, 0.2) is 0 Å². The van der Waals surface area contributed by atoms with Gasteiger partial charge >= 0.3 is 0 Å². The van der Waals surface area contributed by atoms with Crippen LogP contribution in [0.5, 0.6) is 0 Å². The Morgan fingerprint density at radius 1 is 1.56 bits per heavy atom. The largest absolute Gasteiger partial charge is 0.364 e. The minimum absolute atomic E-state index is 0.523. The third kappa shape index (κ3) is 2.05. The first-order valence-electron chi connectivity index (χ1n) is 5.34. The maximum Gasteiger partial charge on any atom is 0.103 e. The molecule has 2 nitrogen and oxygen atoms in total. The van der Waals surface area contributed by atoms with Crippen molar-refractivity contribution in [1.82, 2.24) is 0 Å². The van der Waals surface area contributed by atoms with Crippen molar-refractivity contribution in [1.29, 1.82) is 5.26 Å². The highest BCUT2D eigenvalue weighted by molar-refractivity contribution is 6.32. The van der Waals surface area contributed by atoms with Crippen molar-refractivity contribution < 1.29 is 0 Å². The van der Waals surface area contributed by atoms with Crippen molar-refractivity contribution in [2.24, 2.45) is 0 Å². The molecule has 16 heavy (non-hydrogen) atoms. The van der Waals surface area contributed by atoms with E-state index in [1.807, 2.05) is 18.2 Å². The lowest BCUT2D eigenvalue weighted by Gasteiger charge is -2.24. The molecule has 0 amide bonds. The molecule has 0 aromatic heterocycles. The number of anilines is 1. The van der Waals surface area contributed by atoms with Gasteiger partial charge in [-0.2, -0.15) is 5.26 Å². The molecule has 0 radical (unpaired) electrons. The van der Waals surface area contributed by atoms with E-state index in [4.69, 9.17) is 16.9 Å². The highest BCUT2D eigenvalue weighted by Gasteiger charge is 2.30. The van der Waals surface area contributed by atoms with Gasteiger partial charge in [0.1, 0.15) is 6.07 Å². The topological polar surface area (TPSA) is 27.0 Å². The Labute approximate surface area is 101 Å². The lowest BCUT2D eigenvalue weighted by atomic mass is 10.1. The second kappa shape index (κ2) is 4.59. The van der Waals surface area contributed by atoms with Crippen LogP contribution in [-0.4, -0.2) is 12.6 Å². The average Bonchev–Trinajstić information content (AvgIpc) is 3.09. The number of halogens is 1. The fraction of sp³-hybridized carbons (Fsp3) is 0.308. The van der Waals surface area contributed by atoms with E-state index < -0.39 is 0 Å². The summed E-state index contributed by atoms with van der Waals surface area (Å²) in [7, 11) is 0. The van der Waals surface area contributed by atoms with Gasteiger partial charge in [-0.1, -0.05) is 23.7 Å². The van der Waals surface area contributed by atoms with Crippen molar-refractivity contribution in [2.75, 3.05) is 11.4 Å². The lowest BCUT2D eigenvalue weighted by molar-refractivity contribution is 0.860. The molecular formula is C13H13ClN2. The minimum atomic E-state index is 0.523. The quantitative estimate of drug-likeness (QED) is 0.745. The molecule has 0 unspecified atom stereocenters. The van der Waals surface area contributed by atoms with Gasteiger partial charge in [0.25, 0.3) is 0 Å². The molecule has 0 heterocycles. The molecule has 0 bridgehead atoms. The second-order valence-corrected chi connectivity index (χ2v) is 4.33. The standard InChI is InChI=1S/C13H13ClN2/c1-2-8-16(10-6-7-10)13-5-3-4-12(14)11(13)9-15/h2-5,10H,1,6-8H2. The summed E-state index contributed by atoms with van der Waals surface area (Å²) in [6, 6.07) is 8.31. The number of nitriles is 1. The molecule has 0 aliphatic heterocycles. The third-order valence-corrected chi connectivity index (χ3v) is 3.04. The fourth-order valence-electron chi connectivity index (χ4n) is 1.83. The zero-order valence-electron chi connectivity index (χ0n) is 8.99. The Balaban J connectivity index is 2.40. The summed E-state index contributed by atoms with van der Waals surface area (Å²) in [5.41, 5.74) is 1.50. The van der Waals surface area contributed by atoms with E-state index in [9.17, 15) is 0 Å². The first-order valence-corrected chi connectivity index (χ1v) is 5.72. The molecule has 1 aromatic carbocycles. The maximum atomic E-state index is 9.13. The van der Waals surface area contributed by atoms with Gasteiger partial charge in [-0.05, 0) is 25.0 Å². The van der Waals surface area contributed by atoms with E-state index in [-0.39, 0.29) is 0 Å². The van der Waals surface area contributed by atoms with Crippen LogP contribution in [0, 0.1) is 11.3 Å². The zero-order chi connectivity index (χ0) is 11.5. The van der Waals surface area contributed by atoms with E-state index in [1.54, 1.807) is 6.07 Å².